The molecule has 0 saturated carbocycles. The number of hydrogen-bond acceptors (Lipinski definition) is 6. The Morgan fingerprint density at radius 1 is 1.21 bits per heavy atom. The number of methoxy groups -OCH3 is 1. The third-order valence-corrected chi connectivity index (χ3v) is 3.22. The van der Waals surface area contributed by atoms with Gasteiger partial charge in [0.2, 0.25) is 11.7 Å². The summed E-state index contributed by atoms with van der Waals surface area (Å²) in [6.07, 6.45) is 0. The molecule has 24 heavy (non-hydrogen) atoms. The standard InChI is InChI=1S/C14H16Cl2N6O2/c1-3-18-12-10(24-2)11(17)20-13(21-12)22-14(23)19-9-5-7(15)4-8(16)6-9/h4-6H,3H2,1-2H3,(H5,17,18,19,20,21,22,23). The summed E-state index contributed by atoms with van der Waals surface area (Å²) in [5.41, 5.74) is 6.24. The summed E-state index contributed by atoms with van der Waals surface area (Å²) in [6, 6.07) is 4.10. The number of carbonyl (C=O) groups excluding carboxylic acids is 1. The molecule has 0 saturated heterocycles. The summed E-state index contributed by atoms with van der Waals surface area (Å²) in [7, 11) is 1.46. The van der Waals surface area contributed by atoms with E-state index in [1.54, 1.807) is 18.2 Å². The molecule has 0 aliphatic rings. The molecule has 0 aliphatic heterocycles. The molecule has 0 bridgehead atoms. The largest absolute Gasteiger partial charge is 0.490 e. The lowest BCUT2D eigenvalue weighted by Gasteiger charge is -2.13. The van der Waals surface area contributed by atoms with E-state index >= 15 is 0 Å². The molecular formula is C14H16Cl2N6O2. The minimum atomic E-state index is -0.569. The molecule has 8 nitrogen and oxygen atoms in total. The number of urea groups is 1. The van der Waals surface area contributed by atoms with E-state index in [1.807, 2.05) is 6.92 Å². The van der Waals surface area contributed by atoms with Gasteiger partial charge in [-0.05, 0) is 25.1 Å². The fourth-order valence-corrected chi connectivity index (χ4v) is 2.43. The summed E-state index contributed by atoms with van der Waals surface area (Å²) in [5, 5.41) is 8.85. The highest BCUT2D eigenvalue weighted by molar-refractivity contribution is 6.35. The first kappa shape index (κ1) is 17.9. The Hall–Kier alpha value is -2.45. The molecule has 0 spiro atoms. The van der Waals surface area contributed by atoms with Gasteiger partial charge in [0.15, 0.2) is 11.6 Å². The van der Waals surface area contributed by atoms with Gasteiger partial charge in [0.1, 0.15) is 0 Å². The van der Waals surface area contributed by atoms with E-state index in [4.69, 9.17) is 33.7 Å². The Bertz CT molecular complexity index is 736. The van der Waals surface area contributed by atoms with E-state index in [1.165, 1.54) is 7.11 Å². The average Bonchev–Trinajstić information content (AvgIpc) is 2.46. The van der Waals surface area contributed by atoms with Crippen molar-refractivity contribution in [3.05, 3.63) is 28.2 Å². The number of halogens is 2. The zero-order valence-electron chi connectivity index (χ0n) is 13.0. The van der Waals surface area contributed by atoms with Crippen LogP contribution in [0.3, 0.4) is 0 Å². The number of ether oxygens (including phenoxy) is 1. The number of carbonyl (C=O) groups is 1. The highest BCUT2D eigenvalue weighted by Gasteiger charge is 2.14. The molecule has 2 aromatic rings. The first-order valence-corrected chi connectivity index (χ1v) is 7.68. The normalized spacial score (nSPS) is 10.2. The Kier molecular flexibility index (Phi) is 5.88. The van der Waals surface area contributed by atoms with E-state index < -0.39 is 6.03 Å². The van der Waals surface area contributed by atoms with Crippen LogP contribution in [0.25, 0.3) is 0 Å². The van der Waals surface area contributed by atoms with Gasteiger partial charge in [-0.3, -0.25) is 5.32 Å². The third kappa shape index (κ3) is 4.53. The van der Waals surface area contributed by atoms with Gasteiger partial charge >= 0.3 is 6.03 Å². The van der Waals surface area contributed by atoms with Gasteiger partial charge < -0.3 is 21.1 Å². The first-order valence-electron chi connectivity index (χ1n) is 6.92. The number of nitrogen functional groups attached to an aromatic ring is 1. The molecule has 1 aromatic heterocycles. The van der Waals surface area contributed by atoms with Crippen LogP contribution in [0.4, 0.5) is 28.1 Å². The second-order valence-corrected chi connectivity index (χ2v) is 5.45. The Morgan fingerprint density at radius 3 is 2.46 bits per heavy atom. The van der Waals surface area contributed by atoms with E-state index in [-0.39, 0.29) is 11.8 Å². The van der Waals surface area contributed by atoms with Crippen LogP contribution < -0.4 is 26.4 Å². The van der Waals surface area contributed by atoms with Crippen molar-refractivity contribution in [2.45, 2.75) is 6.92 Å². The highest BCUT2D eigenvalue weighted by Crippen LogP contribution is 2.29. The average molecular weight is 371 g/mol. The quantitative estimate of drug-likeness (QED) is 0.640. The van der Waals surface area contributed by atoms with E-state index in [0.29, 0.717) is 33.8 Å². The van der Waals surface area contributed by atoms with E-state index in [0.717, 1.165) is 0 Å². The summed E-state index contributed by atoms with van der Waals surface area (Å²) < 4.78 is 5.14. The SMILES string of the molecule is CCNc1nc(NC(=O)Nc2cc(Cl)cc(Cl)c2)nc(N)c1OC. The van der Waals surface area contributed by atoms with Crippen LogP contribution in [0.5, 0.6) is 5.75 Å². The number of nitrogens with zero attached hydrogens (tertiary/aromatic N) is 2. The predicted octanol–water partition coefficient (Wildman–Crippen LogP) is 3.45. The summed E-state index contributed by atoms with van der Waals surface area (Å²) in [4.78, 5) is 20.2. The topological polar surface area (TPSA) is 114 Å². The van der Waals surface area contributed by atoms with Crippen LogP contribution in [0, 0.1) is 0 Å². The number of anilines is 4. The molecule has 2 rings (SSSR count). The molecule has 10 heteroatoms. The van der Waals surface area contributed by atoms with Crippen molar-refractivity contribution in [3.8, 4) is 5.75 Å². The van der Waals surface area contributed by atoms with Gasteiger partial charge in [-0.25, -0.2) is 4.79 Å². The molecule has 0 fully saturated rings. The van der Waals surface area contributed by atoms with Crippen molar-refractivity contribution in [1.29, 1.82) is 0 Å². The van der Waals surface area contributed by atoms with Gasteiger partial charge in [-0.1, -0.05) is 23.2 Å². The van der Waals surface area contributed by atoms with Crippen molar-refractivity contribution in [1.82, 2.24) is 9.97 Å². The minimum Gasteiger partial charge on any atom is -0.490 e. The summed E-state index contributed by atoms with van der Waals surface area (Å²) >= 11 is 11.8. The molecule has 5 N–H and O–H groups in total. The maximum atomic E-state index is 12.1. The molecule has 0 unspecified atom stereocenters. The zero-order chi connectivity index (χ0) is 17.7. The van der Waals surface area contributed by atoms with E-state index in [2.05, 4.69) is 25.9 Å². The van der Waals surface area contributed by atoms with E-state index in [9.17, 15) is 4.79 Å². The van der Waals surface area contributed by atoms with Gasteiger partial charge in [-0.15, -0.1) is 0 Å². The number of nitrogens with two attached hydrogens (primary N) is 1. The van der Waals surface area contributed by atoms with Crippen LogP contribution in [-0.2, 0) is 0 Å². The van der Waals surface area contributed by atoms with Crippen molar-refractivity contribution in [2.75, 3.05) is 35.3 Å². The van der Waals surface area contributed by atoms with Crippen LogP contribution in [0.2, 0.25) is 10.0 Å². The number of amides is 2. The molecule has 1 aromatic carbocycles. The van der Waals surface area contributed by atoms with Crippen LogP contribution >= 0.6 is 23.2 Å². The first-order chi connectivity index (χ1) is 11.4. The van der Waals surface area contributed by atoms with Crippen molar-refractivity contribution in [3.63, 3.8) is 0 Å². The van der Waals surface area contributed by atoms with Crippen molar-refractivity contribution >= 4 is 52.5 Å². The van der Waals surface area contributed by atoms with Crippen LogP contribution in [0.1, 0.15) is 6.92 Å². The maximum absolute atomic E-state index is 12.1. The Morgan fingerprint density at radius 2 is 1.88 bits per heavy atom. The van der Waals surface area contributed by atoms with Crippen molar-refractivity contribution < 1.29 is 9.53 Å². The number of hydrogen-bond donors (Lipinski definition) is 4. The smallest absolute Gasteiger partial charge is 0.326 e. The number of benzene rings is 1. The van der Waals surface area contributed by atoms with Gasteiger partial charge in [0, 0.05) is 22.3 Å². The lowest BCUT2D eigenvalue weighted by atomic mass is 10.3. The molecule has 0 aliphatic carbocycles. The number of aromatic nitrogens is 2. The van der Waals surface area contributed by atoms with Gasteiger partial charge in [-0.2, -0.15) is 9.97 Å². The molecule has 128 valence electrons. The van der Waals surface area contributed by atoms with Crippen molar-refractivity contribution in [2.24, 2.45) is 0 Å². The van der Waals surface area contributed by atoms with Gasteiger partial charge in [0.25, 0.3) is 0 Å². The maximum Gasteiger partial charge on any atom is 0.326 e. The Balaban J connectivity index is 2.16. The molecule has 0 radical (unpaired) electrons. The summed E-state index contributed by atoms with van der Waals surface area (Å²) in [5.74, 6) is 0.817. The Labute approximate surface area is 148 Å². The lowest BCUT2D eigenvalue weighted by molar-refractivity contribution is 0.262. The molecule has 1 heterocycles. The molecule has 2 amide bonds. The molecule has 0 atom stereocenters. The van der Waals surface area contributed by atoms with Crippen LogP contribution in [-0.4, -0.2) is 29.7 Å². The fourth-order valence-electron chi connectivity index (χ4n) is 1.90. The third-order valence-electron chi connectivity index (χ3n) is 2.79. The molecular weight excluding hydrogens is 355 g/mol. The fraction of sp³-hybridized carbons (Fsp3) is 0.214. The monoisotopic (exact) mass is 370 g/mol. The lowest BCUT2D eigenvalue weighted by Crippen LogP contribution is -2.21. The predicted molar refractivity (Wildman–Crippen MR) is 96.3 cm³/mol. The summed E-state index contributed by atoms with van der Waals surface area (Å²) in [6.45, 7) is 2.49. The second kappa shape index (κ2) is 7.89. The second-order valence-electron chi connectivity index (χ2n) is 4.58. The minimum absolute atomic E-state index is 0.0230. The number of nitrogens with one attached hydrogen (secondary N) is 3. The zero-order valence-corrected chi connectivity index (χ0v) is 14.5. The van der Waals surface area contributed by atoms with Gasteiger partial charge in [0.05, 0.1) is 7.11 Å². The van der Waals surface area contributed by atoms with Crippen LogP contribution in [0.15, 0.2) is 18.2 Å². The number of rotatable bonds is 5. The highest BCUT2D eigenvalue weighted by atomic mass is 35.5.